The van der Waals surface area contributed by atoms with Crippen LogP contribution in [0.1, 0.15) is 5.56 Å². The number of alkyl halides is 3. The Morgan fingerprint density at radius 1 is 0.857 bits per heavy atom. The number of ether oxygens (including phenoxy) is 8. The molecule has 1 aliphatic rings. The Morgan fingerprint density at radius 2 is 1.47 bits per heavy atom. The Labute approximate surface area is 280 Å². The number of aromatic amines is 1. The third-order valence-electron chi connectivity index (χ3n) is 7.11. The summed E-state index contributed by atoms with van der Waals surface area (Å²) in [5.41, 5.74) is -1.31. The highest BCUT2D eigenvalue weighted by molar-refractivity contribution is 5.94. The van der Waals surface area contributed by atoms with Crippen molar-refractivity contribution in [3.63, 3.8) is 0 Å². The van der Waals surface area contributed by atoms with Crippen molar-refractivity contribution in [2.45, 2.75) is 12.3 Å². The number of H-pyrrole nitrogens is 1. The van der Waals surface area contributed by atoms with Crippen LogP contribution in [-0.2, 0) is 48.9 Å². The first-order chi connectivity index (χ1) is 23.7. The van der Waals surface area contributed by atoms with Crippen LogP contribution >= 0.6 is 0 Å². The van der Waals surface area contributed by atoms with E-state index >= 15 is 0 Å². The van der Waals surface area contributed by atoms with Gasteiger partial charge in [-0.05, 0) is 29.7 Å². The van der Waals surface area contributed by atoms with Gasteiger partial charge in [-0.3, -0.25) is 9.69 Å². The van der Waals surface area contributed by atoms with Crippen molar-refractivity contribution in [3.8, 4) is 11.3 Å². The van der Waals surface area contributed by atoms with Gasteiger partial charge < -0.3 is 42.9 Å². The van der Waals surface area contributed by atoms with E-state index in [1.807, 2.05) is 0 Å². The lowest BCUT2D eigenvalue weighted by Gasteiger charge is -2.15. The van der Waals surface area contributed by atoms with Gasteiger partial charge >= 0.3 is 18.2 Å². The molecule has 2 heterocycles. The number of amides is 1. The molecule has 3 aromatic rings. The molecular formula is C33H39F3N2O11. The smallest absolute Gasteiger partial charge is 0.417 e. The summed E-state index contributed by atoms with van der Waals surface area (Å²) in [6.07, 6.45) is -6.08. The molecule has 13 nitrogen and oxygen atoms in total. The van der Waals surface area contributed by atoms with Gasteiger partial charge in [0, 0.05) is 29.4 Å². The quantitative estimate of drug-likeness (QED) is 0.128. The number of anilines is 1. The van der Waals surface area contributed by atoms with Crippen molar-refractivity contribution in [2.75, 3.05) is 97.8 Å². The standard InChI is InChI=1S/C33H39F3N2O11/c1-42-8-9-43-10-11-44-12-13-45-14-15-46-16-17-47-22-30(39)48-21-25-20-38(32(41)49-25)24-7-6-23-18-29(37-31(40)27(23)19-24)26-4-2-3-5-28(26)33(34,35)36/h2-7,18-19,25H,8-17,20-22H2,1H3,(H,37,40)/t25-/m0/s1. The van der Waals surface area contributed by atoms with Crippen molar-refractivity contribution in [2.24, 2.45) is 0 Å². The molecule has 2 aromatic carbocycles. The SMILES string of the molecule is COCCOCCOCCOCCOCCOCC(=O)OC[C@@H]1CN(c2ccc3cc(-c4ccccc4C(F)(F)F)[nH]c(=O)c3c2)C(=O)O1. The molecular weight excluding hydrogens is 657 g/mol. The van der Waals surface area contributed by atoms with Gasteiger partial charge in [0.2, 0.25) is 0 Å². The fourth-order valence-electron chi connectivity index (χ4n) is 4.75. The Kier molecular flexibility index (Phi) is 14.8. The van der Waals surface area contributed by atoms with Gasteiger partial charge in [0.25, 0.3) is 5.56 Å². The first-order valence-corrected chi connectivity index (χ1v) is 15.5. The minimum atomic E-state index is -4.61. The summed E-state index contributed by atoms with van der Waals surface area (Å²) in [4.78, 5) is 41.4. The molecule has 1 fully saturated rings. The molecule has 0 spiro atoms. The van der Waals surface area contributed by atoms with Crippen molar-refractivity contribution in [1.82, 2.24) is 4.98 Å². The van der Waals surface area contributed by atoms with Crippen LogP contribution in [0.4, 0.5) is 23.7 Å². The summed E-state index contributed by atoms with van der Waals surface area (Å²) in [6, 6.07) is 10.9. The fourth-order valence-corrected chi connectivity index (χ4v) is 4.75. The summed E-state index contributed by atoms with van der Waals surface area (Å²) in [5.74, 6) is -0.651. The zero-order valence-corrected chi connectivity index (χ0v) is 27.0. The van der Waals surface area contributed by atoms with Gasteiger partial charge in [-0.2, -0.15) is 13.2 Å². The summed E-state index contributed by atoms with van der Waals surface area (Å²) >= 11 is 0. The van der Waals surface area contributed by atoms with Gasteiger partial charge in [0.1, 0.15) is 13.2 Å². The molecule has 1 saturated heterocycles. The largest absolute Gasteiger partial charge is 0.460 e. The highest BCUT2D eigenvalue weighted by atomic mass is 19.4. The van der Waals surface area contributed by atoms with Gasteiger partial charge in [-0.25, -0.2) is 9.59 Å². The minimum Gasteiger partial charge on any atom is -0.460 e. The molecule has 0 aliphatic carbocycles. The predicted octanol–water partition coefficient (Wildman–Crippen LogP) is 3.81. The molecule has 4 rings (SSSR count). The summed E-state index contributed by atoms with van der Waals surface area (Å²) in [7, 11) is 1.61. The number of pyridine rings is 1. The number of carbonyl (C=O) groups excluding carboxylic acids is 2. The molecule has 1 atom stereocenters. The first kappa shape index (κ1) is 37.8. The average Bonchev–Trinajstić information content (AvgIpc) is 3.46. The zero-order chi connectivity index (χ0) is 35.1. The number of hydrogen-bond acceptors (Lipinski definition) is 11. The van der Waals surface area contributed by atoms with Crippen LogP contribution in [0, 0.1) is 0 Å². The molecule has 16 heteroatoms. The van der Waals surface area contributed by atoms with E-state index < -0.39 is 35.5 Å². The summed E-state index contributed by atoms with van der Waals surface area (Å²) in [5, 5.41) is 0.553. The number of rotatable bonds is 21. The number of aromatic nitrogens is 1. The van der Waals surface area contributed by atoms with E-state index in [2.05, 4.69) is 4.98 Å². The molecule has 268 valence electrons. The highest BCUT2D eigenvalue weighted by Crippen LogP contribution is 2.36. The Hall–Kier alpha value is -4.06. The lowest BCUT2D eigenvalue weighted by atomic mass is 10.0. The normalized spacial score (nSPS) is 14.8. The van der Waals surface area contributed by atoms with Gasteiger partial charge in [-0.1, -0.05) is 24.3 Å². The second-order valence-electron chi connectivity index (χ2n) is 10.6. The van der Waals surface area contributed by atoms with E-state index in [1.54, 1.807) is 13.2 Å². The molecule has 0 unspecified atom stereocenters. The first-order valence-electron chi connectivity index (χ1n) is 15.5. The minimum absolute atomic E-state index is 0.0106. The third kappa shape index (κ3) is 11.8. The second kappa shape index (κ2) is 19.2. The summed E-state index contributed by atoms with van der Waals surface area (Å²) in [6.45, 7) is 3.55. The number of cyclic esters (lactones) is 1. The van der Waals surface area contributed by atoms with Crippen LogP contribution in [0.5, 0.6) is 0 Å². The number of methoxy groups -OCH3 is 1. The van der Waals surface area contributed by atoms with Gasteiger partial charge in [0.05, 0.1) is 78.2 Å². The number of benzene rings is 2. The monoisotopic (exact) mass is 696 g/mol. The van der Waals surface area contributed by atoms with Crippen molar-refractivity contribution < 1.29 is 60.7 Å². The number of esters is 1. The van der Waals surface area contributed by atoms with Crippen LogP contribution in [-0.4, -0.2) is 116 Å². The maximum atomic E-state index is 13.5. The van der Waals surface area contributed by atoms with Crippen molar-refractivity contribution >= 4 is 28.5 Å². The number of fused-ring (bicyclic) bond motifs is 1. The number of hydrogen-bond donors (Lipinski definition) is 1. The van der Waals surface area contributed by atoms with Crippen LogP contribution in [0.2, 0.25) is 0 Å². The van der Waals surface area contributed by atoms with Gasteiger partial charge in [0.15, 0.2) is 6.10 Å². The van der Waals surface area contributed by atoms with Gasteiger partial charge in [-0.15, -0.1) is 0 Å². The number of carbonyl (C=O) groups is 2. The molecule has 1 aromatic heterocycles. The number of nitrogens with zero attached hydrogens (tertiary/aromatic N) is 1. The zero-order valence-electron chi connectivity index (χ0n) is 27.0. The van der Waals surface area contributed by atoms with E-state index in [0.717, 1.165) is 6.07 Å². The lowest BCUT2D eigenvalue weighted by Crippen LogP contribution is -2.27. The predicted molar refractivity (Wildman–Crippen MR) is 170 cm³/mol. The summed E-state index contributed by atoms with van der Waals surface area (Å²) < 4.78 is 82.6. The van der Waals surface area contributed by atoms with Crippen LogP contribution < -0.4 is 10.5 Å². The topological polar surface area (TPSA) is 144 Å². The van der Waals surface area contributed by atoms with Crippen molar-refractivity contribution in [1.29, 1.82) is 0 Å². The van der Waals surface area contributed by atoms with Crippen LogP contribution in [0.25, 0.3) is 22.0 Å². The third-order valence-corrected chi connectivity index (χ3v) is 7.11. The lowest BCUT2D eigenvalue weighted by molar-refractivity contribution is -0.151. The molecule has 0 saturated carbocycles. The Morgan fingerprint density at radius 3 is 2.10 bits per heavy atom. The second-order valence-corrected chi connectivity index (χ2v) is 10.6. The number of halogens is 3. The molecule has 0 bridgehead atoms. The maximum absolute atomic E-state index is 13.5. The van der Waals surface area contributed by atoms with E-state index in [-0.39, 0.29) is 49.6 Å². The van der Waals surface area contributed by atoms with E-state index in [9.17, 15) is 27.6 Å². The molecule has 1 amide bonds. The van der Waals surface area contributed by atoms with E-state index in [4.69, 9.17) is 37.9 Å². The molecule has 1 N–H and O–H groups in total. The van der Waals surface area contributed by atoms with E-state index in [0.29, 0.717) is 63.9 Å². The molecule has 1 aliphatic heterocycles. The molecule has 49 heavy (non-hydrogen) atoms. The fraction of sp³-hybridized carbons (Fsp3) is 0.485. The van der Waals surface area contributed by atoms with E-state index in [1.165, 1.54) is 41.3 Å². The number of nitrogens with one attached hydrogen (secondary N) is 1. The highest BCUT2D eigenvalue weighted by Gasteiger charge is 2.35. The average molecular weight is 697 g/mol. The maximum Gasteiger partial charge on any atom is 0.417 e. The molecule has 0 radical (unpaired) electrons. The Balaban J connectivity index is 1.12. The van der Waals surface area contributed by atoms with Crippen LogP contribution in [0.3, 0.4) is 0 Å². The van der Waals surface area contributed by atoms with Crippen molar-refractivity contribution in [3.05, 3.63) is 64.4 Å². The Bertz CT molecular complexity index is 1570. The van der Waals surface area contributed by atoms with Crippen LogP contribution in [0.15, 0.2) is 53.3 Å².